The van der Waals surface area contributed by atoms with Gasteiger partial charge in [-0.3, -0.25) is 0 Å². The molecule has 0 radical (unpaired) electrons. The van der Waals surface area contributed by atoms with Crippen molar-refractivity contribution < 1.29 is 19.1 Å². The highest BCUT2D eigenvalue weighted by atomic mass is 16.5. The Morgan fingerprint density at radius 2 is 1.95 bits per heavy atom. The predicted octanol–water partition coefficient (Wildman–Crippen LogP) is 2.41. The minimum atomic E-state index is -1.05. The maximum atomic E-state index is 10.7. The maximum absolute atomic E-state index is 10.7. The first-order valence-electron chi connectivity index (χ1n) is 6.29. The monoisotopic (exact) mass is 275 g/mol. The lowest BCUT2D eigenvalue weighted by Crippen LogP contribution is -2.13. The number of furan rings is 1. The normalized spacial score (nSPS) is 10.7. The van der Waals surface area contributed by atoms with E-state index < -0.39 is 5.97 Å². The fourth-order valence-electron chi connectivity index (χ4n) is 1.93. The topological polar surface area (TPSA) is 71.7 Å². The molecular weight excluding hydrogens is 258 g/mol. The second-order valence-corrected chi connectivity index (χ2v) is 4.38. The zero-order valence-corrected chi connectivity index (χ0v) is 11.3. The second kappa shape index (κ2) is 6.88. The fourth-order valence-corrected chi connectivity index (χ4v) is 1.93. The van der Waals surface area contributed by atoms with Gasteiger partial charge < -0.3 is 19.6 Å². The molecule has 106 valence electrons. The number of carboxylic acid groups (broad SMARTS) is 1. The molecule has 5 nitrogen and oxygen atoms in total. The molecule has 0 spiro atoms. The first-order chi connectivity index (χ1) is 9.70. The number of methoxy groups -OCH3 is 1. The minimum Gasteiger partial charge on any atom is -0.475 e. The lowest BCUT2D eigenvalue weighted by Gasteiger charge is -2.09. The smallest absolute Gasteiger partial charge is 0.371 e. The molecule has 0 fully saturated rings. The van der Waals surface area contributed by atoms with Crippen LogP contribution in [-0.2, 0) is 24.4 Å². The van der Waals surface area contributed by atoms with Gasteiger partial charge in [-0.1, -0.05) is 24.3 Å². The van der Waals surface area contributed by atoms with E-state index in [1.165, 1.54) is 6.07 Å². The first kappa shape index (κ1) is 14.3. The molecule has 0 aliphatic carbocycles. The third kappa shape index (κ3) is 3.69. The van der Waals surface area contributed by atoms with Crippen LogP contribution in [0.15, 0.2) is 40.8 Å². The molecule has 2 aromatic rings. The maximum Gasteiger partial charge on any atom is 0.371 e. The molecule has 0 saturated heterocycles. The molecule has 1 aromatic carbocycles. The van der Waals surface area contributed by atoms with Crippen LogP contribution in [0.3, 0.4) is 0 Å². The Balaban J connectivity index is 1.90. The van der Waals surface area contributed by atoms with Crippen LogP contribution in [0.1, 0.15) is 27.4 Å². The van der Waals surface area contributed by atoms with E-state index in [0.29, 0.717) is 25.5 Å². The summed E-state index contributed by atoms with van der Waals surface area (Å²) in [6, 6.07) is 11.1. The van der Waals surface area contributed by atoms with Gasteiger partial charge in [-0.15, -0.1) is 0 Å². The Kier molecular flexibility index (Phi) is 4.92. The van der Waals surface area contributed by atoms with Crippen LogP contribution < -0.4 is 5.32 Å². The molecule has 1 aromatic heterocycles. The Labute approximate surface area is 117 Å². The van der Waals surface area contributed by atoms with Gasteiger partial charge >= 0.3 is 5.97 Å². The average molecular weight is 275 g/mol. The third-order valence-electron chi connectivity index (χ3n) is 2.91. The third-order valence-corrected chi connectivity index (χ3v) is 2.91. The van der Waals surface area contributed by atoms with E-state index in [-0.39, 0.29) is 5.76 Å². The molecular formula is C15H17NO4. The van der Waals surface area contributed by atoms with Crippen LogP contribution in [0.25, 0.3) is 0 Å². The summed E-state index contributed by atoms with van der Waals surface area (Å²) in [6.45, 7) is 1.72. The summed E-state index contributed by atoms with van der Waals surface area (Å²) < 4.78 is 10.3. The fraction of sp³-hybridized carbons (Fsp3) is 0.267. The molecule has 0 unspecified atom stereocenters. The highest BCUT2D eigenvalue weighted by molar-refractivity contribution is 5.84. The zero-order valence-electron chi connectivity index (χ0n) is 11.3. The van der Waals surface area contributed by atoms with E-state index in [4.69, 9.17) is 14.3 Å². The summed E-state index contributed by atoms with van der Waals surface area (Å²) >= 11 is 0. The molecule has 2 N–H and O–H groups in total. The van der Waals surface area contributed by atoms with Gasteiger partial charge in [0.1, 0.15) is 5.76 Å². The van der Waals surface area contributed by atoms with E-state index in [1.807, 2.05) is 24.3 Å². The highest BCUT2D eigenvalue weighted by Gasteiger charge is 2.08. The van der Waals surface area contributed by atoms with Crippen molar-refractivity contribution in [2.24, 2.45) is 0 Å². The van der Waals surface area contributed by atoms with Gasteiger partial charge in [0.15, 0.2) is 0 Å². The number of hydrogen-bond donors (Lipinski definition) is 2. The summed E-state index contributed by atoms with van der Waals surface area (Å²) in [5.74, 6) is -0.491. The van der Waals surface area contributed by atoms with Crippen molar-refractivity contribution in [1.82, 2.24) is 5.32 Å². The summed E-state index contributed by atoms with van der Waals surface area (Å²) in [7, 11) is 1.67. The molecule has 5 heteroatoms. The number of carbonyl (C=O) groups is 1. The molecule has 0 saturated carbocycles. The SMILES string of the molecule is COCc1ccccc1CNCc1ccc(C(=O)O)o1. The number of rotatable bonds is 7. The van der Waals surface area contributed by atoms with E-state index in [0.717, 1.165) is 11.1 Å². The Bertz CT molecular complexity index is 577. The largest absolute Gasteiger partial charge is 0.475 e. The molecule has 0 bridgehead atoms. The number of hydrogen-bond acceptors (Lipinski definition) is 4. The van der Waals surface area contributed by atoms with Crippen LogP contribution in [0.5, 0.6) is 0 Å². The number of aromatic carboxylic acids is 1. The summed E-state index contributed by atoms with van der Waals surface area (Å²) in [5.41, 5.74) is 2.28. The van der Waals surface area contributed by atoms with Gasteiger partial charge in [0.25, 0.3) is 0 Å². The van der Waals surface area contributed by atoms with Gasteiger partial charge in [0.05, 0.1) is 13.2 Å². The number of nitrogens with one attached hydrogen (secondary N) is 1. The van der Waals surface area contributed by atoms with Crippen molar-refractivity contribution in [3.63, 3.8) is 0 Å². The van der Waals surface area contributed by atoms with Crippen molar-refractivity contribution in [2.75, 3.05) is 7.11 Å². The number of benzene rings is 1. The van der Waals surface area contributed by atoms with Gasteiger partial charge in [0, 0.05) is 13.7 Å². The quantitative estimate of drug-likeness (QED) is 0.812. The number of ether oxygens (including phenoxy) is 1. The van der Waals surface area contributed by atoms with Crippen molar-refractivity contribution in [3.05, 3.63) is 59.0 Å². The van der Waals surface area contributed by atoms with Crippen molar-refractivity contribution in [1.29, 1.82) is 0 Å². The molecule has 20 heavy (non-hydrogen) atoms. The van der Waals surface area contributed by atoms with Gasteiger partial charge in [-0.05, 0) is 23.3 Å². The molecule has 0 aliphatic heterocycles. The van der Waals surface area contributed by atoms with Crippen molar-refractivity contribution in [2.45, 2.75) is 19.7 Å². The Hall–Kier alpha value is -2.11. The van der Waals surface area contributed by atoms with Crippen LogP contribution in [0.2, 0.25) is 0 Å². The van der Waals surface area contributed by atoms with E-state index in [1.54, 1.807) is 13.2 Å². The van der Waals surface area contributed by atoms with Crippen molar-refractivity contribution in [3.8, 4) is 0 Å². The molecule has 0 amide bonds. The minimum absolute atomic E-state index is 0.0402. The molecule has 1 heterocycles. The molecule has 2 rings (SSSR count). The van der Waals surface area contributed by atoms with Crippen molar-refractivity contribution >= 4 is 5.97 Å². The zero-order chi connectivity index (χ0) is 14.4. The number of carboxylic acids is 1. The lowest BCUT2D eigenvalue weighted by molar-refractivity contribution is 0.0660. The van der Waals surface area contributed by atoms with E-state index in [9.17, 15) is 4.79 Å². The standard InChI is InChI=1S/C15H17NO4/c1-19-10-12-5-3-2-4-11(12)8-16-9-13-6-7-14(20-13)15(17)18/h2-7,16H,8-10H2,1H3,(H,17,18). The van der Waals surface area contributed by atoms with Gasteiger partial charge in [-0.2, -0.15) is 0 Å². The second-order valence-electron chi connectivity index (χ2n) is 4.38. The highest BCUT2D eigenvalue weighted by Crippen LogP contribution is 2.11. The average Bonchev–Trinajstić information content (AvgIpc) is 2.90. The van der Waals surface area contributed by atoms with E-state index in [2.05, 4.69) is 5.32 Å². The van der Waals surface area contributed by atoms with E-state index >= 15 is 0 Å². The lowest BCUT2D eigenvalue weighted by atomic mass is 10.1. The van der Waals surface area contributed by atoms with Crippen LogP contribution in [0, 0.1) is 0 Å². The predicted molar refractivity (Wildman–Crippen MR) is 73.4 cm³/mol. The van der Waals surface area contributed by atoms with Gasteiger partial charge in [-0.25, -0.2) is 4.79 Å². The summed E-state index contributed by atoms with van der Waals surface area (Å²) in [6.07, 6.45) is 0. The van der Waals surface area contributed by atoms with Crippen LogP contribution in [0.4, 0.5) is 0 Å². The van der Waals surface area contributed by atoms with Crippen LogP contribution >= 0.6 is 0 Å². The summed E-state index contributed by atoms with van der Waals surface area (Å²) in [5, 5.41) is 12.0. The Morgan fingerprint density at radius 3 is 2.60 bits per heavy atom. The van der Waals surface area contributed by atoms with Gasteiger partial charge in [0.2, 0.25) is 5.76 Å². The molecule has 0 atom stereocenters. The summed E-state index contributed by atoms with van der Waals surface area (Å²) in [4.78, 5) is 10.7. The Morgan fingerprint density at radius 1 is 1.20 bits per heavy atom. The van der Waals surface area contributed by atoms with Crippen LogP contribution in [-0.4, -0.2) is 18.2 Å². The first-order valence-corrected chi connectivity index (χ1v) is 6.29. The molecule has 0 aliphatic rings.